The van der Waals surface area contributed by atoms with E-state index in [1.165, 1.54) is 37.9 Å². The Kier molecular flexibility index (Phi) is 2.33. The van der Waals surface area contributed by atoms with Gasteiger partial charge in [0.15, 0.2) is 0 Å². The van der Waals surface area contributed by atoms with Crippen LogP contribution >= 0.6 is 0 Å². The molecule has 1 aromatic heterocycles. The zero-order chi connectivity index (χ0) is 10.1. The number of pyridine rings is 1. The van der Waals surface area contributed by atoms with Gasteiger partial charge in [-0.15, -0.1) is 0 Å². The van der Waals surface area contributed by atoms with Gasteiger partial charge in [0, 0.05) is 25.3 Å². The van der Waals surface area contributed by atoms with Crippen LogP contribution in [0.1, 0.15) is 30.9 Å². The van der Waals surface area contributed by atoms with Gasteiger partial charge in [0.2, 0.25) is 0 Å². The van der Waals surface area contributed by atoms with Crippen molar-refractivity contribution < 1.29 is 0 Å². The Balaban J connectivity index is 1.74. The molecule has 1 unspecified atom stereocenters. The van der Waals surface area contributed by atoms with E-state index >= 15 is 0 Å². The Morgan fingerprint density at radius 3 is 2.60 bits per heavy atom. The predicted molar refractivity (Wildman–Crippen MR) is 61.0 cm³/mol. The highest BCUT2D eigenvalue weighted by Gasteiger charge is 2.19. The van der Waals surface area contributed by atoms with Crippen molar-refractivity contribution in [3.8, 4) is 0 Å². The predicted octanol–water partition coefficient (Wildman–Crippen LogP) is 1.72. The average molecular weight is 203 g/mol. The van der Waals surface area contributed by atoms with E-state index in [1.54, 1.807) is 0 Å². The molecular weight excluding hydrogens is 186 g/mol. The molecule has 2 aliphatic heterocycles. The first-order valence-corrected chi connectivity index (χ1v) is 5.88. The molecule has 15 heavy (non-hydrogen) atoms. The number of rotatable bonds is 2. The molecule has 3 rings (SSSR count). The van der Waals surface area contributed by atoms with E-state index in [-0.39, 0.29) is 0 Å². The fourth-order valence-corrected chi connectivity index (χ4v) is 2.31. The van der Waals surface area contributed by atoms with E-state index < -0.39 is 0 Å². The number of hydrogen-bond donors (Lipinski definition) is 1. The van der Waals surface area contributed by atoms with E-state index in [0.29, 0.717) is 6.04 Å². The molecule has 2 saturated heterocycles. The number of anilines is 1. The largest absolute Gasteiger partial charge is 0.357 e. The highest BCUT2D eigenvalue weighted by molar-refractivity contribution is 5.40. The number of nitrogens with one attached hydrogen (secondary N) is 1. The van der Waals surface area contributed by atoms with Crippen LogP contribution in [0.3, 0.4) is 0 Å². The molecule has 3 nitrogen and oxygen atoms in total. The molecule has 0 radical (unpaired) electrons. The van der Waals surface area contributed by atoms with Crippen molar-refractivity contribution in [3.05, 3.63) is 23.9 Å². The Morgan fingerprint density at radius 1 is 1.27 bits per heavy atom. The summed E-state index contributed by atoms with van der Waals surface area (Å²) < 4.78 is 0. The van der Waals surface area contributed by atoms with Crippen molar-refractivity contribution >= 4 is 5.82 Å². The van der Waals surface area contributed by atoms with Crippen molar-refractivity contribution in [2.45, 2.75) is 25.3 Å². The van der Waals surface area contributed by atoms with Gasteiger partial charge in [-0.2, -0.15) is 0 Å². The lowest BCUT2D eigenvalue weighted by atomic mass is 10.00. The van der Waals surface area contributed by atoms with Gasteiger partial charge >= 0.3 is 0 Å². The average Bonchev–Trinajstić information content (AvgIpc) is 2.69. The standard InChI is InChI=1S/C12H17N3/c1-2-8-15(7-1)12-4-3-10(9-14-12)11-5-6-13-11/h3-4,9,11,13H,1-2,5-8H2. The number of hydrogen-bond acceptors (Lipinski definition) is 3. The van der Waals surface area contributed by atoms with Crippen LogP contribution in [0.2, 0.25) is 0 Å². The molecular formula is C12H17N3. The first-order chi connectivity index (χ1) is 7.43. The van der Waals surface area contributed by atoms with Crippen LogP contribution in [0.5, 0.6) is 0 Å². The monoisotopic (exact) mass is 203 g/mol. The third kappa shape index (κ3) is 1.72. The van der Waals surface area contributed by atoms with Crippen molar-refractivity contribution in [3.63, 3.8) is 0 Å². The van der Waals surface area contributed by atoms with Gasteiger partial charge in [-0.05, 0) is 37.4 Å². The lowest BCUT2D eigenvalue weighted by Crippen LogP contribution is -2.35. The molecule has 80 valence electrons. The molecule has 2 fully saturated rings. The van der Waals surface area contributed by atoms with Gasteiger partial charge in [-0.1, -0.05) is 6.07 Å². The van der Waals surface area contributed by atoms with Gasteiger partial charge in [0.1, 0.15) is 5.82 Å². The molecule has 3 heteroatoms. The summed E-state index contributed by atoms with van der Waals surface area (Å²) in [6.07, 6.45) is 5.91. The molecule has 0 amide bonds. The fraction of sp³-hybridized carbons (Fsp3) is 0.583. The lowest BCUT2D eigenvalue weighted by molar-refractivity contribution is 0.382. The highest BCUT2D eigenvalue weighted by atomic mass is 15.2. The molecule has 1 atom stereocenters. The molecule has 0 bridgehead atoms. The van der Waals surface area contributed by atoms with Crippen molar-refractivity contribution in [2.24, 2.45) is 0 Å². The van der Waals surface area contributed by atoms with Gasteiger partial charge in [-0.3, -0.25) is 0 Å². The van der Waals surface area contributed by atoms with Crippen LogP contribution in [-0.4, -0.2) is 24.6 Å². The topological polar surface area (TPSA) is 28.2 Å². The second-order valence-corrected chi connectivity index (χ2v) is 4.44. The van der Waals surface area contributed by atoms with E-state index in [2.05, 4.69) is 27.3 Å². The Hall–Kier alpha value is -1.09. The third-order valence-corrected chi connectivity index (χ3v) is 3.43. The molecule has 0 aliphatic carbocycles. The maximum absolute atomic E-state index is 4.55. The summed E-state index contributed by atoms with van der Waals surface area (Å²) in [5.74, 6) is 1.15. The Bertz CT molecular complexity index is 323. The van der Waals surface area contributed by atoms with Crippen LogP contribution in [-0.2, 0) is 0 Å². The minimum Gasteiger partial charge on any atom is -0.357 e. The molecule has 0 aromatic carbocycles. The van der Waals surface area contributed by atoms with Crippen LogP contribution in [0, 0.1) is 0 Å². The normalized spacial score (nSPS) is 25.3. The Labute approximate surface area is 90.5 Å². The third-order valence-electron chi connectivity index (χ3n) is 3.43. The summed E-state index contributed by atoms with van der Waals surface area (Å²) in [4.78, 5) is 6.92. The van der Waals surface area contributed by atoms with E-state index in [9.17, 15) is 0 Å². The molecule has 1 N–H and O–H groups in total. The van der Waals surface area contributed by atoms with Crippen molar-refractivity contribution in [2.75, 3.05) is 24.5 Å². The zero-order valence-electron chi connectivity index (χ0n) is 8.95. The minimum absolute atomic E-state index is 0.560. The van der Waals surface area contributed by atoms with E-state index in [4.69, 9.17) is 0 Å². The smallest absolute Gasteiger partial charge is 0.128 e. The number of nitrogens with zero attached hydrogens (tertiary/aromatic N) is 2. The molecule has 0 spiro atoms. The summed E-state index contributed by atoms with van der Waals surface area (Å²) in [6, 6.07) is 4.95. The van der Waals surface area contributed by atoms with Gasteiger partial charge in [0.05, 0.1) is 0 Å². The van der Waals surface area contributed by atoms with Crippen molar-refractivity contribution in [1.29, 1.82) is 0 Å². The second kappa shape index (κ2) is 3.81. The summed E-state index contributed by atoms with van der Waals surface area (Å²) >= 11 is 0. The maximum Gasteiger partial charge on any atom is 0.128 e. The summed E-state index contributed by atoms with van der Waals surface area (Å²) in [5.41, 5.74) is 1.34. The lowest BCUT2D eigenvalue weighted by Gasteiger charge is -2.28. The van der Waals surface area contributed by atoms with Gasteiger partial charge in [-0.25, -0.2) is 4.98 Å². The van der Waals surface area contributed by atoms with Gasteiger partial charge in [0.25, 0.3) is 0 Å². The SMILES string of the molecule is c1cc(N2CCCC2)ncc1C1CCN1. The van der Waals surface area contributed by atoms with Crippen LogP contribution in [0.4, 0.5) is 5.82 Å². The van der Waals surface area contributed by atoms with Crippen LogP contribution in [0.15, 0.2) is 18.3 Å². The number of aromatic nitrogens is 1. The molecule has 2 aliphatic rings. The van der Waals surface area contributed by atoms with Crippen molar-refractivity contribution in [1.82, 2.24) is 10.3 Å². The quantitative estimate of drug-likeness (QED) is 0.793. The first-order valence-electron chi connectivity index (χ1n) is 5.88. The second-order valence-electron chi connectivity index (χ2n) is 4.44. The maximum atomic E-state index is 4.55. The molecule has 3 heterocycles. The Morgan fingerprint density at radius 2 is 2.07 bits per heavy atom. The molecule has 1 aromatic rings. The summed E-state index contributed by atoms with van der Waals surface area (Å²) in [6.45, 7) is 3.50. The minimum atomic E-state index is 0.560. The summed E-state index contributed by atoms with van der Waals surface area (Å²) in [5, 5.41) is 3.40. The van der Waals surface area contributed by atoms with Crippen LogP contribution in [0.25, 0.3) is 0 Å². The summed E-state index contributed by atoms with van der Waals surface area (Å²) in [7, 11) is 0. The fourth-order valence-electron chi connectivity index (χ4n) is 2.31. The molecule has 0 saturated carbocycles. The van der Waals surface area contributed by atoms with E-state index in [1.807, 2.05) is 6.20 Å². The zero-order valence-corrected chi connectivity index (χ0v) is 8.95. The van der Waals surface area contributed by atoms with E-state index in [0.717, 1.165) is 12.4 Å². The first kappa shape index (κ1) is 9.16. The highest BCUT2D eigenvalue weighted by Crippen LogP contribution is 2.24. The van der Waals surface area contributed by atoms with Gasteiger partial charge < -0.3 is 10.2 Å². The van der Waals surface area contributed by atoms with Crippen LogP contribution < -0.4 is 10.2 Å².